The second-order valence-corrected chi connectivity index (χ2v) is 11.3. The Labute approximate surface area is 226 Å². The van der Waals surface area contributed by atoms with Gasteiger partial charge in [-0.3, -0.25) is 9.89 Å². The van der Waals surface area contributed by atoms with Gasteiger partial charge in [0.2, 0.25) is 0 Å². The summed E-state index contributed by atoms with van der Waals surface area (Å²) in [7, 11) is 0. The van der Waals surface area contributed by atoms with Gasteiger partial charge in [-0.15, -0.1) is 0 Å². The number of nitrogens with one attached hydrogen (secondary N) is 2. The third kappa shape index (κ3) is 5.01. The van der Waals surface area contributed by atoms with E-state index in [2.05, 4.69) is 29.0 Å². The zero-order valence-electron chi connectivity index (χ0n) is 22.2. The summed E-state index contributed by atoms with van der Waals surface area (Å²) < 4.78 is 20.5. The summed E-state index contributed by atoms with van der Waals surface area (Å²) in [6.45, 7) is 6.00. The minimum atomic E-state index is -0.562. The maximum absolute atomic E-state index is 15.1. The number of nitrogens with zero attached hydrogens (tertiary/aromatic N) is 3. The van der Waals surface area contributed by atoms with Crippen LogP contribution in [0.1, 0.15) is 47.4 Å². The van der Waals surface area contributed by atoms with Gasteiger partial charge in [0.1, 0.15) is 18.1 Å². The van der Waals surface area contributed by atoms with Crippen LogP contribution in [0.4, 0.5) is 9.18 Å². The molecular weight excluding hydrogens is 497 g/mol. The van der Waals surface area contributed by atoms with E-state index in [0.29, 0.717) is 37.1 Å². The molecule has 6 rings (SSSR count). The van der Waals surface area contributed by atoms with Crippen molar-refractivity contribution >= 4 is 22.9 Å². The molecule has 1 saturated heterocycles. The monoisotopic (exact) mass is 529 g/mol. The normalized spacial score (nSPS) is 16.8. The molecule has 0 bridgehead atoms. The number of fused-ring (bicyclic) bond motifs is 2. The molecule has 0 unspecified atom stereocenters. The number of benzene rings is 2. The molecule has 8 nitrogen and oxygen atoms in total. The van der Waals surface area contributed by atoms with Crippen molar-refractivity contribution in [2.75, 3.05) is 26.2 Å². The summed E-state index contributed by atoms with van der Waals surface area (Å²) in [6.07, 6.45) is 2.55. The third-order valence-corrected chi connectivity index (χ3v) is 7.88. The first-order valence-electron chi connectivity index (χ1n) is 13.4. The largest absolute Gasteiger partial charge is 0.445 e. The lowest BCUT2D eigenvalue weighted by Gasteiger charge is -2.34. The van der Waals surface area contributed by atoms with Crippen LogP contribution in [0.25, 0.3) is 22.3 Å². The topological polar surface area (TPSA) is 94.3 Å². The van der Waals surface area contributed by atoms with Crippen molar-refractivity contribution in [3.8, 4) is 11.4 Å². The lowest BCUT2D eigenvalue weighted by Crippen LogP contribution is -2.50. The number of piperazine rings is 1. The van der Waals surface area contributed by atoms with Crippen LogP contribution in [0.2, 0.25) is 0 Å². The van der Waals surface area contributed by atoms with Gasteiger partial charge in [-0.25, -0.2) is 9.18 Å². The number of halogens is 1. The lowest BCUT2D eigenvalue weighted by atomic mass is 9.76. The van der Waals surface area contributed by atoms with Crippen LogP contribution in [-0.2, 0) is 24.2 Å². The van der Waals surface area contributed by atoms with Gasteiger partial charge in [0.05, 0.1) is 11.3 Å². The van der Waals surface area contributed by atoms with E-state index >= 15 is 4.39 Å². The second kappa shape index (κ2) is 9.87. The number of H-pyrrole nitrogens is 2. The number of carbonyl (C=O) groups is 2. The summed E-state index contributed by atoms with van der Waals surface area (Å²) in [5.74, 6) is -0.948. The Morgan fingerprint density at radius 2 is 1.79 bits per heavy atom. The van der Waals surface area contributed by atoms with Crippen LogP contribution in [-0.4, -0.2) is 63.2 Å². The minimum Gasteiger partial charge on any atom is -0.445 e. The van der Waals surface area contributed by atoms with E-state index in [4.69, 9.17) is 4.74 Å². The number of aromatic nitrogens is 3. The number of hydrogen-bond donors (Lipinski definition) is 2. The van der Waals surface area contributed by atoms with Gasteiger partial charge in [-0.2, -0.15) is 5.10 Å². The summed E-state index contributed by atoms with van der Waals surface area (Å²) in [6, 6.07) is 14.4. The van der Waals surface area contributed by atoms with E-state index in [9.17, 15) is 9.59 Å². The molecule has 9 heteroatoms. The first-order valence-corrected chi connectivity index (χ1v) is 13.4. The molecule has 202 valence electrons. The predicted molar refractivity (Wildman–Crippen MR) is 146 cm³/mol. The number of rotatable bonds is 4. The first kappa shape index (κ1) is 25.2. The van der Waals surface area contributed by atoms with Gasteiger partial charge in [-0.05, 0) is 48.4 Å². The standard InChI is InChI=1S/C30H32FN5O3/c1-30(2)9-8-21-26(17-30)33-34-27(21)25-15-20-14-23(31)22(16-24(20)32-25)28(37)35-10-12-36(13-11-35)29(38)39-18-19-6-4-3-5-7-19/h3-7,14-16,32H,8-13,17-18H2,1-2H3,(H,33,34). The fourth-order valence-electron chi connectivity index (χ4n) is 5.59. The highest BCUT2D eigenvalue weighted by molar-refractivity contribution is 5.99. The Morgan fingerprint density at radius 3 is 2.56 bits per heavy atom. The quantitative estimate of drug-likeness (QED) is 0.375. The molecule has 1 fully saturated rings. The summed E-state index contributed by atoms with van der Waals surface area (Å²) in [5.41, 5.74) is 5.89. The number of hydrogen-bond acceptors (Lipinski definition) is 4. The Bertz CT molecular complexity index is 1530. The van der Waals surface area contributed by atoms with Crippen molar-refractivity contribution in [3.05, 3.63) is 76.7 Å². The minimum absolute atomic E-state index is 0.0156. The van der Waals surface area contributed by atoms with Crippen LogP contribution in [0.15, 0.2) is 48.5 Å². The van der Waals surface area contributed by atoms with Gasteiger partial charge < -0.3 is 19.5 Å². The third-order valence-electron chi connectivity index (χ3n) is 7.88. The van der Waals surface area contributed by atoms with Crippen molar-refractivity contribution in [1.29, 1.82) is 0 Å². The highest BCUT2D eigenvalue weighted by Crippen LogP contribution is 2.38. The van der Waals surface area contributed by atoms with E-state index in [1.807, 2.05) is 36.4 Å². The molecule has 0 saturated carbocycles. The molecule has 1 aliphatic carbocycles. The van der Waals surface area contributed by atoms with Crippen LogP contribution < -0.4 is 0 Å². The molecule has 0 spiro atoms. The first-order chi connectivity index (χ1) is 18.8. The fraction of sp³-hybridized carbons (Fsp3) is 0.367. The van der Waals surface area contributed by atoms with E-state index in [-0.39, 0.29) is 23.5 Å². The Hall–Kier alpha value is -4.14. The van der Waals surface area contributed by atoms with Crippen LogP contribution in [0.3, 0.4) is 0 Å². The molecule has 2 aliphatic rings. The lowest BCUT2D eigenvalue weighted by molar-refractivity contribution is 0.0540. The Morgan fingerprint density at radius 1 is 1.05 bits per heavy atom. The van der Waals surface area contributed by atoms with Gasteiger partial charge in [0, 0.05) is 48.3 Å². The number of carbonyl (C=O) groups excluding carboxylic acids is 2. The molecule has 0 atom stereocenters. The van der Waals surface area contributed by atoms with Crippen LogP contribution >= 0.6 is 0 Å². The molecule has 39 heavy (non-hydrogen) atoms. The van der Waals surface area contributed by atoms with Crippen molar-refractivity contribution in [3.63, 3.8) is 0 Å². The highest BCUT2D eigenvalue weighted by atomic mass is 19.1. The summed E-state index contributed by atoms with van der Waals surface area (Å²) in [5, 5.41) is 8.45. The van der Waals surface area contributed by atoms with E-state index in [1.54, 1.807) is 15.9 Å². The maximum Gasteiger partial charge on any atom is 0.410 e. The number of ether oxygens (including phenoxy) is 1. The van der Waals surface area contributed by atoms with Crippen molar-refractivity contribution < 1.29 is 18.7 Å². The molecule has 4 aromatic rings. The van der Waals surface area contributed by atoms with Crippen LogP contribution in [0, 0.1) is 11.2 Å². The van der Waals surface area contributed by atoms with E-state index in [0.717, 1.165) is 41.9 Å². The fourth-order valence-corrected chi connectivity index (χ4v) is 5.59. The summed E-state index contributed by atoms with van der Waals surface area (Å²) in [4.78, 5) is 32.2. The molecule has 0 radical (unpaired) electrons. The zero-order chi connectivity index (χ0) is 27.1. The van der Waals surface area contributed by atoms with E-state index in [1.165, 1.54) is 11.6 Å². The van der Waals surface area contributed by atoms with Gasteiger partial charge in [0.25, 0.3) is 5.91 Å². The Balaban J connectivity index is 1.13. The molecule has 2 aromatic carbocycles. The van der Waals surface area contributed by atoms with E-state index < -0.39 is 11.9 Å². The zero-order valence-corrected chi connectivity index (χ0v) is 22.2. The smallest absolute Gasteiger partial charge is 0.410 e. The molecule has 2 aromatic heterocycles. The summed E-state index contributed by atoms with van der Waals surface area (Å²) >= 11 is 0. The molecule has 2 N–H and O–H groups in total. The maximum atomic E-state index is 15.1. The SMILES string of the molecule is CC1(C)CCc2c(-c3cc4cc(F)c(C(=O)N5CCN(C(=O)OCc6ccccc6)CC5)cc4[nH]3)n[nH]c2C1. The predicted octanol–water partition coefficient (Wildman–Crippen LogP) is 5.31. The van der Waals surface area contributed by atoms with Crippen LogP contribution in [0.5, 0.6) is 0 Å². The molecule has 1 aliphatic heterocycles. The highest BCUT2D eigenvalue weighted by Gasteiger charge is 2.30. The second-order valence-electron chi connectivity index (χ2n) is 11.3. The average Bonchev–Trinajstić information content (AvgIpc) is 3.54. The number of aromatic amines is 2. The average molecular weight is 530 g/mol. The molecule has 3 heterocycles. The van der Waals surface area contributed by atoms with Gasteiger partial charge >= 0.3 is 6.09 Å². The van der Waals surface area contributed by atoms with Crippen molar-refractivity contribution in [2.45, 2.75) is 39.7 Å². The van der Waals surface area contributed by atoms with Crippen molar-refractivity contribution in [2.24, 2.45) is 5.41 Å². The van der Waals surface area contributed by atoms with Gasteiger partial charge in [-0.1, -0.05) is 44.2 Å². The number of amides is 2. The Kier molecular flexibility index (Phi) is 6.37. The van der Waals surface area contributed by atoms with Crippen molar-refractivity contribution in [1.82, 2.24) is 25.0 Å². The molecular formula is C30H32FN5O3. The van der Waals surface area contributed by atoms with Gasteiger partial charge in [0.15, 0.2) is 0 Å². The molecule has 2 amide bonds.